The summed E-state index contributed by atoms with van der Waals surface area (Å²) < 4.78 is 31.8. The third-order valence-electron chi connectivity index (χ3n) is 17.3. The third-order valence-corrected chi connectivity index (χ3v) is 17.3. The van der Waals surface area contributed by atoms with Crippen molar-refractivity contribution >= 4 is 29.8 Å². The Morgan fingerprint density at radius 2 is 1.69 bits per heavy atom. The van der Waals surface area contributed by atoms with Crippen LogP contribution in [-0.2, 0) is 67.1 Å². The van der Waals surface area contributed by atoms with Gasteiger partial charge in [0.05, 0.1) is 30.9 Å². The highest BCUT2D eigenvalue weighted by Gasteiger charge is 2.77. The molecule has 8 fully saturated rings. The molecule has 5 saturated heterocycles. The van der Waals surface area contributed by atoms with Gasteiger partial charge in [0.1, 0.15) is 41.5 Å². The number of nitrogens with zero attached hydrogens (tertiary/aromatic N) is 2. The smallest absolute Gasteiger partial charge is 0.327 e. The number of epoxide rings is 1. The van der Waals surface area contributed by atoms with Crippen molar-refractivity contribution in [3.8, 4) is 0 Å². The van der Waals surface area contributed by atoms with Crippen LogP contribution < -0.4 is 5.32 Å². The summed E-state index contributed by atoms with van der Waals surface area (Å²) in [6, 6.07) is 13.9. The largest absolute Gasteiger partial charge is 0.460 e. The van der Waals surface area contributed by atoms with E-state index < -0.39 is 83.8 Å². The number of hydroxylamine groups is 2. The molecule has 2 aromatic rings. The number of hydrogen-bond donors (Lipinski definition) is 2. The van der Waals surface area contributed by atoms with E-state index in [1.807, 2.05) is 12.1 Å². The zero-order chi connectivity index (χ0) is 47.5. The molecule has 68 heavy (non-hydrogen) atoms. The summed E-state index contributed by atoms with van der Waals surface area (Å²) in [7, 11) is 0. The number of carbonyl (C=O) groups is 4. The van der Waals surface area contributed by atoms with E-state index in [2.05, 4.69) is 68.6 Å². The van der Waals surface area contributed by atoms with E-state index in [9.17, 15) is 19.5 Å². The molecule has 4 aliphatic carbocycles. The zero-order valence-corrected chi connectivity index (χ0v) is 40.5. The molecular formula is C54H69N3O11. The monoisotopic (exact) mass is 935 g/mol. The van der Waals surface area contributed by atoms with Crippen LogP contribution >= 0.6 is 0 Å². The quantitative estimate of drug-likeness (QED) is 0.207. The van der Waals surface area contributed by atoms with E-state index in [1.54, 1.807) is 30.7 Å². The van der Waals surface area contributed by atoms with Gasteiger partial charge in [-0.05, 0) is 119 Å². The van der Waals surface area contributed by atoms with Crippen molar-refractivity contribution in [3.05, 3.63) is 76.4 Å². The maximum Gasteiger partial charge on any atom is 0.327 e. The maximum absolute atomic E-state index is 15.7. The number of aliphatic hydroxyl groups excluding tert-OH is 1. The van der Waals surface area contributed by atoms with Gasteiger partial charge in [-0.2, -0.15) is 5.06 Å². The van der Waals surface area contributed by atoms with Gasteiger partial charge < -0.3 is 39.0 Å². The van der Waals surface area contributed by atoms with Crippen molar-refractivity contribution in [1.29, 1.82) is 0 Å². The van der Waals surface area contributed by atoms with Crippen LogP contribution in [0.2, 0.25) is 0 Å². The van der Waals surface area contributed by atoms with Gasteiger partial charge in [0.2, 0.25) is 11.8 Å². The Balaban J connectivity index is 0.862. The molecule has 2 aromatic carbocycles. The molecule has 3 saturated carbocycles. The summed E-state index contributed by atoms with van der Waals surface area (Å²) in [6.07, 6.45) is 7.52. The lowest BCUT2D eigenvalue weighted by Gasteiger charge is -2.53. The van der Waals surface area contributed by atoms with Gasteiger partial charge in [-0.1, -0.05) is 74.0 Å². The van der Waals surface area contributed by atoms with Gasteiger partial charge in [-0.15, -0.1) is 0 Å². The van der Waals surface area contributed by atoms with Crippen LogP contribution in [0.15, 0.2) is 54.1 Å². The Morgan fingerprint density at radius 1 is 0.956 bits per heavy atom. The molecule has 9 aliphatic rings. The Morgan fingerprint density at radius 3 is 2.40 bits per heavy atom. The number of likely N-dealkylation sites (tertiary alicyclic amines) is 1. The molecule has 1 spiro atoms. The van der Waals surface area contributed by atoms with Crippen LogP contribution in [0.3, 0.4) is 0 Å². The number of allylic oxidation sites excluding steroid dienone is 1. The summed E-state index contributed by atoms with van der Waals surface area (Å²) in [5.74, 6) is -1.56. The van der Waals surface area contributed by atoms with Gasteiger partial charge in [0.15, 0.2) is 11.8 Å². The number of ether oxygens (including phenoxy) is 5. The summed E-state index contributed by atoms with van der Waals surface area (Å²) in [4.78, 5) is 65.5. The van der Waals surface area contributed by atoms with Crippen molar-refractivity contribution in [2.75, 3.05) is 13.2 Å². The molecule has 2 N–H and O–H groups in total. The Labute approximate surface area is 399 Å². The summed E-state index contributed by atoms with van der Waals surface area (Å²) in [5, 5.41) is 14.8. The molecule has 5 aliphatic heterocycles. The van der Waals surface area contributed by atoms with E-state index in [0.29, 0.717) is 55.6 Å². The molecule has 0 radical (unpaired) electrons. The van der Waals surface area contributed by atoms with Crippen LogP contribution in [-0.4, -0.2) is 118 Å². The van der Waals surface area contributed by atoms with Crippen LogP contribution in [0, 0.1) is 22.7 Å². The minimum absolute atomic E-state index is 0.00601. The first-order valence-electron chi connectivity index (χ1n) is 25.4. The lowest BCUT2D eigenvalue weighted by molar-refractivity contribution is -0.218. The zero-order valence-electron chi connectivity index (χ0n) is 40.5. The van der Waals surface area contributed by atoms with Gasteiger partial charge in [0.25, 0.3) is 0 Å². The normalized spacial score (nSPS) is 37.1. The minimum Gasteiger partial charge on any atom is -0.460 e. The highest BCUT2D eigenvalue weighted by Crippen LogP contribution is 2.61. The number of carbonyl (C=O) groups excluding carboxylic acids is 4. The predicted molar refractivity (Wildman–Crippen MR) is 248 cm³/mol. The Kier molecular flexibility index (Phi) is 11.4. The van der Waals surface area contributed by atoms with E-state index in [-0.39, 0.29) is 37.3 Å². The second-order valence-corrected chi connectivity index (χ2v) is 23.5. The SMILES string of the molecule is CC(C)(C)OC(=O)CC[C@@H](CO)NC(=O)[C@H]1CCCN1C(=O)[C@@]12C[C@H]3OC(=O)[C@@H]1N(Cc1ccc(C=C4CCC5O[C@]5(C)CC[C@@H]5[C@@H]4CC5(C)C)cc1)O[C@@H]2[C@H]1OC2(Cc4ccccc4C2)O[C@H]13. The minimum atomic E-state index is -1.45. The molecule has 11 rings (SSSR count). The summed E-state index contributed by atoms with van der Waals surface area (Å²) in [5.41, 5.74) is 4.03. The number of hydrogen-bond acceptors (Lipinski definition) is 12. The molecular weight excluding hydrogens is 867 g/mol. The standard InChI is InChI=1S/C54H69N3O11/c1-50(2,3)65-42(59)20-18-36(30-58)55-47(60)39-12-9-23-56(39)49(62)54-28-40-43-44(67-53(66-43)25-34-10-7-8-11-35(34)26-53)46(54)68-57(45(54)48(61)63-40)29-32-15-13-31(14-16-32)24-33-17-19-41-52(6,64-41)22-21-38-37(33)27-51(38,4)5/h7-8,10-11,13-16,24,36-41,43-46,58H,9,12,17-23,25-30H2,1-6H3,(H,55,60)/t36-,37+,38+,39+,40+,41?,43-,44-,45-,46+,52+,54-/m0/s1. The third kappa shape index (κ3) is 8.02. The van der Waals surface area contributed by atoms with E-state index in [0.717, 1.165) is 41.5 Å². The van der Waals surface area contributed by atoms with Crippen LogP contribution in [0.25, 0.3) is 6.08 Å². The maximum atomic E-state index is 15.7. The molecule has 14 nitrogen and oxygen atoms in total. The molecule has 1 unspecified atom stereocenters. The molecule has 0 aromatic heterocycles. The molecule has 2 amide bonds. The van der Waals surface area contributed by atoms with Gasteiger partial charge >= 0.3 is 11.9 Å². The molecule has 366 valence electrons. The number of esters is 2. The number of benzene rings is 2. The Hall–Kier alpha value is -4.18. The van der Waals surface area contributed by atoms with Gasteiger partial charge in [-0.3, -0.25) is 24.0 Å². The number of aliphatic hydroxyl groups is 1. The van der Waals surface area contributed by atoms with Crippen LogP contribution in [0.5, 0.6) is 0 Å². The lowest BCUT2D eigenvalue weighted by atomic mass is 9.52. The van der Waals surface area contributed by atoms with Crippen molar-refractivity contribution in [3.63, 3.8) is 0 Å². The summed E-state index contributed by atoms with van der Waals surface area (Å²) in [6.45, 7) is 12.6. The number of fused-ring (bicyclic) bond motifs is 7. The first-order chi connectivity index (χ1) is 32.4. The second-order valence-electron chi connectivity index (χ2n) is 23.5. The Bertz CT molecular complexity index is 2350. The first kappa shape index (κ1) is 46.2. The topological polar surface area (TPSA) is 166 Å². The lowest BCUT2D eigenvalue weighted by Crippen LogP contribution is -2.70. The van der Waals surface area contributed by atoms with Crippen LogP contribution in [0.4, 0.5) is 0 Å². The number of nitrogens with one attached hydrogen (secondary N) is 1. The molecule has 14 heteroatoms. The molecule has 12 atom stereocenters. The fraction of sp³-hybridized carbons (Fsp3) is 0.667. The number of rotatable bonds is 10. The fourth-order valence-electron chi connectivity index (χ4n) is 13.8. The average molecular weight is 936 g/mol. The fourth-order valence-corrected chi connectivity index (χ4v) is 13.8. The van der Waals surface area contributed by atoms with E-state index in [1.165, 1.54) is 18.4 Å². The molecule has 2 bridgehead atoms. The average Bonchev–Trinajstić information content (AvgIpc) is 3.81. The molecule has 5 heterocycles. The first-order valence-corrected chi connectivity index (χ1v) is 25.4. The second kappa shape index (κ2) is 16.7. The number of amides is 2. The predicted octanol–water partition coefficient (Wildman–Crippen LogP) is 6.13. The van der Waals surface area contributed by atoms with Crippen molar-refractivity contribution in [2.24, 2.45) is 22.7 Å². The van der Waals surface area contributed by atoms with Gasteiger partial charge in [-0.25, -0.2) is 0 Å². The summed E-state index contributed by atoms with van der Waals surface area (Å²) >= 11 is 0. The van der Waals surface area contributed by atoms with Crippen molar-refractivity contribution in [2.45, 2.75) is 191 Å². The highest BCUT2D eigenvalue weighted by atomic mass is 16.8. The van der Waals surface area contributed by atoms with E-state index in [4.69, 9.17) is 28.5 Å². The highest BCUT2D eigenvalue weighted by molar-refractivity contribution is 5.96. The van der Waals surface area contributed by atoms with Gasteiger partial charge in [0, 0.05) is 32.2 Å². The van der Waals surface area contributed by atoms with Crippen molar-refractivity contribution < 1.29 is 52.8 Å². The van der Waals surface area contributed by atoms with Crippen LogP contribution in [0.1, 0.15) is 128 Å². The van der Waals surface area contributed by atoms with E-state index >= 15 is 4.79 Å². The van der Waals surface area contributed by atoms with Crippen molar-refractivity contribution in [1.82, 2.24) is 15.3 Å².